The van der Waals surface area contributed by atoms with Crippen LogP contribution >= 0.6 is 11.6 Å². The molecule has 3 aromatic rings. The highest BCUT2D eigenvalue weighted by atomic mass is 35.5. The molecule has 0 radical (unpaired) electrons. The van der Waals surface area contributed by atoms with E-state index in [1.165, 1.54) is 11.3 Å². The summed E-state index contributed by atoms with van der Waals surface area (Å²) in [6, 6.07) is 13.8. The van der Waals surface area contributed by atoms with Gasteiger partial charge in [0.15, 0.2) is 0 Å². The molecule has 0 atom stereocenters. The predicted molar refractivity (Wildman–Crippen MR) is 110 cm³/mol. The lowest BCUT2D eigenvalue weighted by molar-refractivity contribution is 0.0767. The van der Waals surface area contributed by atoms with Crippen molar-refractivity contribution in [1.82, 2.24) is 15.1 Å². The van der Waals surface area contributed by atoms with E-state index in [0.29, 0.717) is 18.1 Å². The fraction of sp³-hybridized carbons (Fsp3) is 0.304. The molecule has 0 fully saturated rings. The molecule has 4 nitrogen and oxygen atoms in total. The first kappa shape index (κ1) is 17.5. The SMILES string of the molecule is CC1(C)Cc2[nH]nc(-c3ccc4c(c3)CN(Cc3ccccc3Cl)C4=O)c2C1. The number of nitrogens with zero attached hydrogens (tertiary/aromatic N) is 2. The van der Waals surface area contributed by atoms with Crippen molar-refractivity contribution < 1.29 is 4.79 Å². The summed E-state index contributed by atoms with van der Waals surface area (Å²) in [6.07, 6.45) is 2.06. The van der Waals surface area contributed by atoms with Crippen LogP contribution in [0.4, 0.5) is 0 Å². The molecule has 2 aromatic carbocycles. The molecule has 0 bridgehead atoms. The van der Waals surface area contributed by atoms with E-state index in [-0.39, 0.29) is 11.3 Å². The van der Waals surface area contributed by atoms with E-state index in [9.17, 15) is 4.79 Å². The predicted octanol–water partition coefficient (Wildman–Crippen LogP) is 5.01. The van der Waals surface area contributed by atoms with Crippen LogP contribution in [0.2, 0.25) is 5.02 Å². The van der Waals surface area contributed by atoms with Crippen molar-refractivity contribution in [3.8, 4) is 11.3 Å². The first-order valence-electron chi connectivity index (χ1n) is 9.63. The molecule has 2 aliphatic rings. The zero-order valence-corrected chi connectivity index (χ0v) is 16.8. The van der Waals surface area contributed by atoms with Crippen molar-refractivity contribution in [2.24, 2.45) is 5.41 Å². The molecule has 5 heteroatoms. The lowest BCUT2D eigenvalue weighted by Gasteiger charge is -2.16. The third-order valence-corrected chi connectivity index (χ3v) is 6.21. The summed E-state index contributed by atoms with van der Waals surface area (Å²) in [6.45, 7) is 5.71. The number of hydrogen-bond donors (Lipinski definition) is 1. The Morgan fingerprint density at radius 1 is 1.18 bits per heavy atom. The maximum absolute atomic E-state index is 12.8. The number of carbonyl (C=O) groups is 1. The molecule has 1 N–H and O–H groups in total. The number of H-pyrrole nitrogens is 1. The highest BCUT2D eigenvalue weighted by Gasteiger charge is 2.33. The second-order valence-electron chi connectivity index (χ2n) is 8.67. The highest BCUT2D eigenvalue weighted by Crippen LogP contribution is 2.40. The quantitative estimate of drug-likeness (QED) is 0.682. The zero-order chi connectivity index (χ0) is 19.5. The average Bonchev–Trinajstić information content (AvgIpc) is 3.27. The summed E-state index contributed by atoms with van der Waals surface area (Å²) in [4.78, 5) is 14.7. The summed E-state index contributed by atoms with van der Waals surface area (Å²) in [7, 11) is 0. The number of rotatable bonds is 3. The molecule has 1 aliphatic carbocycles. The van der Waals surface area contributed by atoms with Gasteiger partial charge in [-0.2, -0.15) is 5.10 Å². The molecular formula is C23H22ClN3O. The van der Waals surface area contributed by atoms with Gasteiger partial charge in [-0.15, -0.1) is 0 Å². The molecule has 0 unspecified atom stereocenters. The van der Waals surface area contributed by atoms with Gasteiger partial charge in [0, 0.05) is 40.5 Å². The minimum Gasteiger partial charge on any atom is -0.330 e. The van der Waals surface area contributed by atoms with Crippen LogP contribution in [0.5, 0.6) is 0 Å². The standard InChI is InChI=1S/C23H22ClN3O/c1-23(2)10-18-20(11-23)25-26-21(18)14-7-8-17-16(9-14)13-27(22(17)28)12-15-5-3-4-6-19(15)24/h3-9H,10-13H2,1-2H3,(H,25,26). The molecule has 1 aliphatic heterocycles. The fourth-order valence-corrected chi connectivity index (χ4v) is 4.68. The van der Waals surface area contributed by atoms with Gasteiger partial charge in [-0.25, -0.2) is 0 Å². The van der Waals surface area contributed by atoms with Crippen LogP contribution < -0.4 is 0 Å². The number of carbonyl (C=O) groups excluding carboxylic acids is 1. The molecular weight excluding hydrogens is 370 g/mol. The Morgan fingerprint density at radius 2 is 2.00 bits per heavy atom. The van der Waals surface area contributed by atoms with Crippen LogP contribution in [-0.2, 0) is 25.9 Å². The monoisotopic (exact) mass is 391 g/mol. The van der Waals surface area contributed by atoms with Gasteiger partial charge in [-0.3, -0.25) is 9.89 Å². The van der Waals surface area contributed by atoms with Crippen molar-refractivity contribution in [3.63, 3.8) is 0 Å². The van der Waals surface area contributed by atoms with E-state index in [2.05, 4.69) is 30.1 Å². The topological polar surface area (TPSA) is 49.0 Å². The second-order valence-corrected chi connectivity index (χ2v) is 9.08. The first-order chi connectivity index (χ1) is 13.4. The van der Waals surface area contributed by atoms with Crippen LogP contribution in [0.1, 0.15) is 46.6 Å². The summed E-state index contributed by atoms with van der Waals surface area (Å²) < 4.78 is 0. The Kier molecular flexibility index (Phi) is 3.88. The molecule has 1 amide bonds. The van der Waals surface area contributed by atoms with Gasteiger partial charge in [0.2, 0.25) is 0 Å². The van der Waals surface area contributed by atoms with Gasteiger partial charge in [0.1, 0.15) is 0 Å². The smallest absolute Gasteiger partial charge is 0.254 e. The van der Waals surface area contributed by atoms with Gasteiger partial charge in [0.05, 0.1) is 5.69 Å². The first-order valence-corrected chi connectivity index (χ1v) is 10.0. The number of benzene rings is 2. The van der Waals surface area contributed by atoms with Crippen LogP contribution in [-0.4, -0.2) is 21.0 Å². The van der Waals surface area contributed by atoms with Gasteiger partial charge in [-0.1, -0.05) is 49.7 Å². The van der Waals surface area contributed by atoms with Crippen molar-refractivity contribution in [2.75, 3.05) is 0 Å². The van der Waals surface area contributed by atoms with Crippen molar-refractivity contribution in [1.29, 1.82) is 0 Å². The lowest BCUT2D eigenvalue weighted by atomic mass is 9.90. The Balaban J connectivity index is 1.44. The minimum absolute atomic E-state index is 0.0647. The fourth-order valence-electron chi connectivity index (χ4n) is 4.48. The van der Waals surface area contributed by atoms with E-state index in [0.717, 1.165) is 40.8 Å². The van der Waals surface area contributed by atoms with Crippen molar-refractivity contribution in [2.45, 2.75) is 39.8 Å². The molecule has 0 saturated carbocycles. The Morgan fingerprint density at radius 3 is 2.82 bits per heavy atom. The lowest BCUT2D eigenvalue weighted by Crippen LogP contribution is -2.23. The summed E-state index contributed by atoms with van der Waals surface area (Å²) in [5.74, 6) is 0.0647. The molecule has 0 saturated heterocycles. The largest absolute Gasteiger partial charge is 0.330 e. The van der Waals surface area contributed by atoms with E-state index in [1.54, 1.807) is 0 Å². The number of halogens is 1. The minimum atomic E-state index is 0.0647. The maximum Gasteiger partial charge on any atom is 0.254 e. The molecule has 5 rings (SSSR count). The summed E-state index contributed by atoms with van der Waals surface area (Å²) >= 11 is 6.28. The van der Waals surface area contributed by atoms with Crippen LogP contribution in [0.3, 0.4) is 0 Å². The van der Waals surface area contributed by atoms with Crippen LogP contribution in [0.25, 0.3) is 11.3 Å². The van der Waals surface area contributed by atoms with E-state index < -0.39 is 0 Å². The molecule has 2 heterocycles. The summed E-state index contributed by atoms with van der Waals surface area (Å²) in [5.41, 5.74) is 7.77. The highest BCUT2D eigenvalue weighted by molar-refractivity contribution is 6.31. The second kappa shape index (κ2) is 6.21. The van der Waals surface area contributed by atoms with E-state index in [1.807, 2.05) is 41.3 Å². The molecule has 0 spiro atoms. The molecule has 28 heavy (non-hydrogen) atoms. The van der Waals surface area contributed by atoms with Crippen molar-refractivity contribution >= 4 is 17.5 Å². The summed E-state index contributed by atoms with van der Waals surface area (Å²) in [5, 5.41) is 8.49. The zero-order valence-electron chi connectivity index (χ0n) is 16.1. The number of aromatic nitrogens is 2. The van der Waals surface area contributed by atoms with Crippen LogP contribution in [0, 0.1) is 5.41 Å². The van der Waals surface area contributed by atoms with E-state index >= 15 is 0 Å². The number of fused-ring (bicyclic) bond motifs is 2. The van der Waals surface area contributed by atoms with Crippen LogP contribution in [0.15, 0.2) is 42.5 Å². The number of aromatic amines is 1. The number of amides is 1. The maximum atomic E-state index is 12.8. The normalized spacial score (nSPS) is 17.1. The third kappa shape index (κ3) is 2.83. The van der Waals surface area contributed by atoms with Gasteiger partial charge < -0.3 is 4.90 Å². The number of hydrogen-bond acceptors (Lipinski definition) is 2. The van der Waals surface area contributed by atoms with Crippen molar-refractivity contribution in [3.05, 3.63) is 75.4 Å². The van der Waals surface area contributed by atoms with Gasteiger partial charge >= 0.3 is 0 Å². The molecule has 1 aromatic heterocycles. The number of nitrogens with one attached hydrogen (secondary N) is 1. The van der Waals surface area contributed by atoms with Gasteiger partial charge in [0.25, 0.3) is 5.91 Å². The third-order valence-electron chi connectivity index (χ3n) is 5.84. The van der Waals surface area contributed by atoms with Gasteiger partial charge in [-0.05, 0) is 47.6 Å². The molecule has 142 valence electrons. The Hall–Kier alpha value is -2.59. The Labute approximate surface area is 169 Å². The van der Waals surface area contributed by atoms with E-state index in [4.69, 9.17) is 11.6 Å². The Bertz CT molecular complexity index is 1100. The average molecular weight is 392 g/mol.